The van der Waals surface area contributed by atoms with Crippen LogP contribution in [0.1, 0.15) is 41.6 Å². The van der Waals surface area contributed by atoms with E-state index in [9.17, 15) is 4.79 Å². The Morgan fingerprint density at radius 2 is 1.95 bits per heavy atom. The Morgan fingerprint density at radius 1 is 1.30 bits per heavy atom. The Hall–Kier alpha value is -1.55. The van der Waals surface area contributed by atoms with Gasteiger partial charge in [-0.05, 0) is 63.4 Å². The molecule has 2 fully saturated rings. The van der Waals surface area contributed by atoms with Crippen LogP contribution < -0.4 is 11.1 Å². The highest BCUT2D eigenvalue weighted by atomic mass is 16.1. The standard InChI is InChI=1S/C16H23N3O/c1-10-7-11(16(17)20)3-6-15(10)18-12-8-13-4-5-14(9-12)19(13)2/h3,6-7,12-14,18H,4-5,8-9H2,1-2H3,(H2,17,20). The van der Waals surface area contributed by atoms with Crippen molar-refractivity contribution in [2.45, 2.75) is 50.7 Å². The van der Waals surface area contributed by atoms with E-state index < -0.39 is 0 Å². The summed E-state index contributed by atoms with van der Waals surface area (Å²) in [7, 11) is 2.26. The molecule has 1 amide bonds. The summed E-state index contributed by atoms with van der Waals surface area (Å²) in [6, 6.07) is 7.67. The van der Waals surface area contributed by atoms with Gasteiger partial charge < -0.3 is 16.0 Å². The molecule has 3 N–H and O–H groups in total. The fraction of sp³-hybridized carbons (Fsp3) is 0.562. The second-order valence-corrected chi connectivity index (χ2v) is 6.26. The van der Waals surface area contributed by atoms with Crippen molar-refractivity contribution < 1.29 is 4.79 Å². The molecule has 20 heavy (non-hydrogen) atoms. The lowest BCUT2D eigenvalue weighted by molar-refractivity contribution is 0.1000. The summed E-state index contributed by atoms with van der Waals surface area (Å²) in [5, 5.41) is 3.66. The van der Waals surface area contributed by atoms with Crippen LogP contribution in [0.15, 0.2) is 18.2 Å². The molecule has 2 atom stereocenters. The van der Waals surface area contributed by atoms with Crippen LogP contribution in [0.4, 0.5) is 5.69 Å². The quantitative estimate of drug-likeness (QED) is 0.887. The molecule has 0 aromatic heterocycles. The highest BCUT2D eigenvalue weighted by molar-refractivity contribution is 5.93. The lowest BCUT2D eigenvalue weighted by atomic mass is 9.97. The first-order valence-electron chi connectivity index (χ1n) is 7.43. The Bertz CT molecular complexity index is 514. The van der Waals surface area contributed by atoms with Crippen molar-refractivity contribution >= 4 is 11.6 Å². The Labute approximate surface area is 120 Å². The predicted molar refractivity (Wildman–Crippen MR) is 80.9 cm³/mol. The van der Waals surface area contributed by atoms with E-state index in [1.54, 1.807) is 6.07 Å². The zero-order valence-electron chi connectivity index (χ0n) is 12.2. The maximum Gasteiger partial charge on any atom is 0.248 e. The summed E-state index contributed by atoms with van der Waals surface area (Å²) in [4.78, 5) is 13.7. The molecular formula is C16H23N3O. The van der Waals surface area contributed by atoms with Crippen LogP contribution in [0.25, 0.3) is 0 Å². The summed E-state index contributed by atoms with van der Waals surface area (Å²) in [6.07, 6.45) is 5.09. The van der Waals surface area contributed by atoms with Crippen LogP contribution in [0.5, 0.6) is 0 Å². The molecule has 2 bridgehead atoms. The zero-order chi connectivity index (χ0) is 14.3. The molecule has 0 spiro atoms. The van der Waals surface area contributed by atoms with Gasteiger partial charge in [0.2, 0.25) is 5.91 Å². The minimum absolute atomic E-state index is 0.364. The fourth-order valence-corrected chi connectivity index (χ4v) is 3.73. The molecule has 0 aliphatic carbocycles. The lowest BCUT2D eigenvalue weighted by Gasteiger charge is -2.37. The van der Waals surface area contributed by atoms with Gasteiger partial charge in [0.25, 0.3) is 0 Å². The number of hydrogen-bond acceptors (Lipinski definition) is 3. The third kappa shape index (κ3) is 2.40. The second-order valence-electron chi connectivity index (χ2n) is 6.26. The second kappa shape index (κ2) is 5.09. The predicted octanol–water partition coefficient (Wildman–Crippen LogP) is 2.13. The average Bonchev–Trinajstić information content (AvgIpc) is 2.64. The number of aryl methyl sites for hydroxylation is 1. The van der Waals surface area contributed by atoms with Gasteiger partial charge in [0, 0.05) is 29.4 Å². The van der Waals surface area contributed by atoms with Gasteiger partial charge in [0.05, 0.1) is 0 Å². The van der Waals surface area contributed by atoms with E-state index in [1.807, 2.05) is 19.1 Å². The minimum Gasteiger partial charge on any atom is -0.382 e. The van der Waals surface area contributed by atoms with Gasteiger partial charge >= 0.3 is 0 Å². The van der Waals surface area contributed by atoms with Gasteiger partial charge in [-0.2, -0.15) is 0 Å². The number of fused-ring (bicyclic) bond motifs is 2. The summed E-state index contributed by atoms with van der Waals surface area (Å²) in [5.41, 5.74) is 8.11. The normalized spacial score (nSPS) is 29.4. The number of nitrogens with one attached hydrogen (secondary N) is 1. The molecule has 1 aromatic carbocycles. The van der Waals surface area contributed by atoms with Crippen molar-refractivity contribution in [2.75, 3.05) is 12.4 Å². The largest absolute Gasteiger partial charge is 0.382 e. The van der Waals surface area contributed by atoms with E-state index in [1.165, 1.54) is 25.7 Å². The van der Waals surface area contributed by atoms with E-state index in [0.29, 0.717) is 11.6 Å². The molecule has 0 saturated carbocycles. The first kappa shape index (κ1) is 13.4. The lowest BCUT2D eigenvalue weighted by Crippen LogP contribution is -2.44. The Kier molecular flexibility index (Phi) is 3.42. The number of nitrogens with zero attached hydrogens (tertiary/aromatic N) is 1. The molecule has 2 heterocycles. The average molecular weight is 273 g/mol. The smallest absolute Gasteiger partial charge is 0.248 e. The Morgan fingerprint density at radius 3 is 2.50 bits per heavy atom. The molecule has 1 aromatic rings. The first-order valence-corrected chi connectivity index (χ1v) is 7.43. The number of anilines is 1. The van der Waals surface area contributed by atoms with Gasteiger partial charge in [0.1, 0.15) is 0 Å². The van der Waals surface area contributed by atoms with Crippen molar-refractivity contribution in [2.24, 2.45) is 5.73 Å². The van der Waals surface area contributed by atoms with Crippen LogP contribution in [-0.2, 0) is 0 Å². The van der Waals surface area contributed by atoms with Crippen LogP contribution in [-0.4, -0.2) is 36.0 Å². The van der Waals surface area contributed by atoms with Crippen molar-refractivity contribution in [3.63, 3.8) is 0 Å². The number of nitrogens with two attached hydrogens (primary N) is 1. The van der Waals surface area contributed by atoms with Crippen LogP contribution in [0.3, 0.4) is 0 Å². The molecule has 2 aliphatic heterocycles. The van der Waals surface area contributed by atoms with Crippen molar-refractivity contribution in [3.05, 3.63) is 29.3 Å². The molecule has 108 valence electrons. The highest BCUT2D eigenvalue weighted by Gasteiger charge is 2.38. The van der Waals surface area contributed by atoms with Gasteiger partial charge in [-0.3, -0.25) is 4.79 Å². The fourth-order valence-electron chi connectivity index (χ4n) is 3.73. The molecule has 2 saturated heterocycles. The molecule has 2 aliphatic rings. The molecule has 0 radical (unpaired) electrons. The molecule has 4 nitrogen and oxygen atoms in total. The third-order valence-electron chi connectivity index (χ3n) is 4.97. The number of carbonyl (C=O) groups excluding carboxylic acids is 1. The number of primary amides is 1. The number of benzene rings is 1. The van der Waals surface area contributed by atoms with Crippen molar-refractivity contribution in [1.82, 2.24) is 4.90 Å². The zero-order valence-corrected chi connectivity index (χ0v) is 12.2. The maximum atomic E-state index is 11.2. The first-order chi connectivity index (χ1) is 9.54. The summed E-state index contributed by atoms with van der Waals surface area (Å²) in [6.45, 7) is 2.03. The third-order valence-corrected chi connectivity index (χ3v) is 4.97. The van der Waals surface area contributed by atoms with Gasteiger partial charge in [-0.15, -0.1) is 0 Å². The molecule has 2 unspecified atom stereocenters. The SMILES string of the molecule is Cc1cc(C(N)=O)ccc1NC1CC2CCC(C1)N2C. The Balaban J connectivity index is 1.71. The number of rotatable bonds is 3. The summed E-state index contributed by atoms with van der Waals surface area (Å²) >= 11 is 0. The van der Waals surface area contributed by atoms with Crippen molar-refractivity contribution in [3.8, 4) is 0 Å². The summed E-state index contributed by atoms with van der Waals surface area (Å²) < 4.78 is 0. The minimum atomic E-state index is -0.364. The maximum absolute atomic E-state index is 11.2. The highest BCUT2D eigenvalue weighted by Crippen LogP contribution is 2.35. The van der Waals surface area contributed by atoms with Crippen LogP contribution >= 0.6 is 0 Å². The van der Waals surface area contributed by atoms with E-state index in [-0.39, 0.29) is 5.91 Å². The van der Waals surface area contributed by atoms with E-state index in [0.717, 1.165) is 23.3 Å². The number of carbonyl (C=O) groups is 1. The van der Waals surface area contributed by atoms with Crippen molar-refractivity contribution in [1.29, 1.82) is 0 Å². The molecule has 4 heteroatoms. The number of piperidine rings is 1. The number of hydrogen-bond donors (Lipinski definition) is 2. The molecular weight excluding hydrogens is 250 g/mol. The number of amides is 1. The topological polar surface area (TPSA) is 58.4 Å². The van der Waals surface area contributed by atoms with Crippen LogP contribution in [0, 0.1) is 6.92 Å². The summed E-state index contributed by atoms with van der Waals surface area (Å²) in [5.74, 6) is -0.364. The van der Waals surface area contributed by atoms with Gasteiger partial charge in [-0.1, -0.05) is 0 Å². The van der Waals surface area contributed by atoms with E-state index >= 15 is 0 Å². The van der Waals surface area contributed by atoms with E-state index in [2.05, 4.69) is 17.3 Å². The van der Waals surface area contributed by atoms with E-state index in [4.69, 9.17) is 5.73 Å². The van der Waals surface area contributed by atoms with Gasteiger partial charge in [-0.25, -0.2) is 0 Å². The molecule has 3 rings (SSSR count). The monoisotopic (exact) mass is 273 g/mol. The van der Waals surface area contributed by atoms with Crippen LogP contribution in [0.2, 0.25) is 0 Å². The van der Waals surface area contributed by atoms with Gasteiger partial charge in [0.15, 0.2) is 0 Å².